The number of nitrogens with one attached hydrogen (secondary N) is 1. The molecule has 1 atom stereocenters. The first kappa shape index (κ1) is 19.3. The lowest BCUT2D eigenvalue weighted by molar-refractivity contribution is -0.117. The number of nitrogens with two attached hydrogens (primary N) is 1. The van der Waals surface area contributed by atoms with Crippen molar-refractivity contribution in [3.63, 3.8) is 0 Å². The Labute approximate surface area is 143 Å². The van der Waals surface area contributed by atoms with Gasteiger partial charge in [-0.25, -0.2) is 0 Å². The number of hydrogen-bond donors (Lipinski definition) is 2. The Kier molecular flexibility index (Phi) is 8.86. The lowest BCUT2D eigenvalue weighted by atomic mass is 10.1. The van der Waals surface area contributed by atoms with Gasteiger partial charge in [0.15, 0.2) is 0 Å². The molecule has 22 heavy (non-hydrogen) atoms. The van der Waals surface area contributed by atoms with Gasteiger partial charge in [-0.05, 0) is 24.1 Å². The van der Waals surface area contributed by atoms with Crippen LogP contribution in [0.1, 0.15) is 25.3 Å². The van der Waals surface area contributed by atoms with Crippen molar-refractivity contribution in [2.75, 3.05) is 29.9 Å². The fourth-order valence-corrected chi connectivity index (χ4v) is 3.42. The summed E-state index contributed by atoms with van der Waals surface area (Å²) in [5, 5.41) is 2.92. The highest BCUT2D eigenvalue weighted by atomic mass is 35.5. The number of carbonyl (C=O) groups excluding carboxylic acids is 1. The largest absolute Gasteiger partial charge is 0.325 e. The van der Waals surface area contributed by atoms with E-state index in [4.69, 9.17) is 5.73 Å². The van der Waals surface area contributed by atoms with E-state index in [1.807, 2.05) is 30.8 Å². The molecular weight excluding hydrogens is 318 g/mol. The van der Waals surface area contributed by atoms with Crippen LogP contribution in [-0.4, -0.2) is 41.4 Å². The third kappa shape index (κ3) is 6.16. The summed E-state index contributed by atoms with van der Waals surface area (Å²) < 4.78 is 0. The topological polar surface area (TPSA) is 58.4 Å². The predicted molar refractivity (Wildman–Crippen MR) is 97.8 cm³/mol. The highest BCUT2D eigenvalue weighted by Gasteiger charge is 2.13. The molecule has 0 aromatic heterocycles. The van der Waals surface area contributed by atoms with Gasteiger partial charge in [0.2, 0.25) is 5.91 Å². The quantitative estimate of drug-likeness (QED) is 0.833. The Bertz CT molecular complexity index is 466. The van der Waals surface area contributed by atoms with E-state index in [9.17, 15) is 4.79 Å². The van der Waals surface area contributed by atoms with Crippen molar-refractivity contribution in [3.05, 3.63) is 29.8 Å². The molecule has 1 saturated heterocycles. The Morgan fingerprint density at radius 2 is 2.14 bits per heavy atom. The van der Waals surface area contributed by atoms with Gasteiger partial charge in [-0.2, -0.15) is 11.8 Å². The van der Waals surface area contributed by atoms with Crippen molar-refractivity contribution in [3.8, 4) is 0 Å². The minimum atomic E-state index is -0.419. The lowest BCUT2D eigenvalue weighted by Crippen LogP contribution is -2.35. The summed E-state index contributed by atoms with van der Waals surface area (Å²) in [5.41, 5.74) is 7.92. The number of anilines is 1. The van der Waals surface area contributed by atoms with Gasteiger partial charge in [0.1, 0.15) is 0 Å². The van der Waals surface area contributed by atoms with Crippen molar-refractivity contribution in [1.82, 2.24) is 4.90 Å². The molecule has 1 heterocycles. The standard InChI is InChI=1S/C16H25N3OS.ClH/c1-2-4-15(17)16(20)18-14-6-3-5-13(11-14)12-19-7-9-21-10-8-19;/h3,5-6,11,15H,2,4,7-10,12,17H2,1H3,(H,18,20);1H. The van der Waals surface area contributed by atoms with E-state index in [0.29, 0.717) is 0 Å². The van der Waals surface area contributed by atoms with Crippen molar-refractivity contribution in [2.45, 2.75) is 32.4 Å². The Balaban J connectivity index is 0.00000242. The fraction of sp³-hybridized carbons (Fsp3) is 0.562. The molecule has 1 amide bonds. The van der Waals surface area contributed by atoms with E-state index in [1.54, 1.807) is 0 Å². The van der Waals surface area contributed by atoms with Gasteiger partial charge in [0.25, 0.3) is 0 Å². The summed E-state index contributed by atoms with van der Waals surface area (Å²) in [6, 6.07) is 7.67. The average molecular weight is 344 g/mol. The molecule has 0 radical (unpaired) electrons. The van der Waals surface area contributed by atoms with Gasteiger partial charge >= 0.3 is 0 Å². The first-order chi connectivity index (χ1) is 10.2. The van der Waals surface area contributed by atoms with Gasteiger partial charge in [-0.1, -0.05) is 25.5 Å². The van der Waals surface area contributed by atoms with E-state index in [-0.39, 0.29) is 18.3 Å². The minimum Gasteiger partial charge on any atom is -0.325 e. The first-order valence-corrected chi connectivity index (χ1v) is 8.80. The molecule has 1 aliphatic heterocycles. The molecule has 0 bridgehead atoms. The smallest absolute Gasteiger partial charge is 0.241 e. The normalized spacial score (nSPS) is 16.6. The molecule has 1 aliphatic rings. The molecule has 1 aromatic carbocycles. The predicted octanol–water partition coefficient (Wildman–Crippen LogP) is 2.72. The third-order valence-electron chi connectivity index (χ3n) is 3.64. The van der Waals surface area contributed by atoms with E-state index >= 15 is 0 Å². The van der Waals surface area contributed by atoms with E-state index in [1.165, 1.54) is 17.1 Å². The van der Waals surface area contributed by atoms with E-state index in [0.717, 1.165) is 38.2 Å². The molecule has 0 spiro atoms. The molecule has 3 N–H and O–H groups in total. The van der Waals surface area contributed by atoms with Gasteiger partial charge in [-0.3, -0.25) is 9.69 Å². The maximum atomic E-state index is 12.0. The summed E-state index contributed by atoms with van der Waals surface area (Å²) in [6.45, 7) is 5.27. The van der Waals surface area contributed by atoms with Crippen molar-refractivity contribution >= 4 is 35.8 Å². The summed E-state index contributed by atoms with van der Waals surface area (Å²) in [5.74, 6) is 2.33. The average Bonchev–Trinajstić information content (AvgIpc) is 2.49. The second-order valence-electron chi connectivity index (χ2n) is 5.47. The number of amides is 1. The number of halogens is 1. The SMILES string of the molecule is CCCC(N)C(=O)Nc1cccc(CN2CCSCC2)c1.Cl. The molecule has 1 aromatic rings. The Morgan fingerprint density at radius 3 is 2.82 bits per heavy atom. The van der Waals surface area contributed by atoms with E-state index in [2.05, 4.69) is 22.3 Å². The highest BCUT2D eigenvalue weighted by molar-refractivity contribution is 7.99. The summed E-state index contributed by atoms with van der Waals surface area (Å²) >= 11 is 2.02. The zero-order valence-corrected chi connectivity index (χ0v) is 14.7. The van der Waals surface area contributed by atoms with Crippen molar-refractivity contribution in [2.24, 2.45) is 5.73 Å². The van der Waals surface area contributed by atoms with Gasteiger partial charge in [0.05, 0.1) is 6.04 Å². The summed E-state index contributed by atoms with van der Waals surface area (Å²) in [6.07, 6.45) is 1.64. The second kappa shape index (κ2) is 10.1. The number of benzene rings is 1. The van der Waals surface area contributed by atoms with Crippen LogP contribution in [0.25, 0.3) is 0 Å². The highest BCUT2D eigenvalue weighted by Crippen LogP contribution is 2.16. The van der Waals surface area contributed by atoms with Crippen LogP contribution >= 0.6 is 24.2 Å². The maximum Gasteiger partial charge on any atom is 0.241 e. The number of nitrogens with zero attached hydrogens (tertiary/aromatic N) is 1. The number of rotatable bonds is 6. The third-order valence-corrected chi connectivity index (χ3v) is 4.58. The van der Waals surface area contributed by atoms with Crippen LogP contribution in [0.5, 0.6) is 0 Å². The minimum absolute atomic E-state index is 0. The molecule has 0 saturated carbocycles. The van der Waals surface area contributed by atoms with Crippen LogP contribution in [0.3, 0.4) is 0 Å². The Morgan fingerprint density at radius 1 is 1.41 bits per heavy atom. The molecule has 1 unspecified atom stereocenters. The number of carbonyl (C=O) groups is 1. The second-order valence-corrected chi connectivity index (χ2v) is 6.70. The Hall–Kier alpha value is -0.750. The summed E-state index contributed by atoms with van der Waals surface area (Å²) in [7, 11) is 0. The van der Waals surface area contributed by atoms with Crippen LogP contribution < -0.4 is 11.1 Å². The van der Waals surface area contributed by atoms with Crippen LogP contribution in [-0.2, 0) is 11.3 Å². The molecule has 1 fully saturated rings. The molecule has 4 nitrogen and oxygen atoms in total. The van der Waals surface area contributed by atoms with Crippen LogP contribution in [0.4, 0.5) is 5.69 Å². The van der Waals surface area contributed by atoms with E-state index < -0.39 is 6.04 Å². The summed E-state index contributed by atoms with van der Waals surface area (Å²) in [4.78, 5) is 14.4. The molecule has 6 heteroatoms. The van der Waals surface area contributed by atoms with Crippen molar-refractivity contribution < 1.29 is 4.79 Å². The molecule has 2 rings (SSSR count). The van der Waals surface area contributed by atoms with Crippen molar-refractivity contribution in [1.29, 1.82) is 0 Å². The maximum absolute atomic E-state index is 12.0. The number of hydrogen-bond acceptors (Lipinski definition) is 4. The van der Waals surface area contributed by atoms with Crippen LogP contribution in [0.15, 0.2) is 24.3 Å². The zero-order valence-electron chi connectivity index (χ0n) is 13.1. The van der Waals surface area contributed by atoms with Gasteiger partial charge in [-0.15, -0.1) is 12.4 Å². The van der Waals surface area contributed by atoms with Gasteiger partial charge in [0, 0.05) is 36.8 Å². The number of thioether (sulfide) groups is 1. The fourth-order valence-electron chi connectivity index (χ4n) is 2.44. The molecule has 0 aliphatic carbocycles. The lowest BCUT2D eigenvalue weighted by Gasteiger charge is -2.26. The monoisotopic (exact) mass is 343 g/mol. The first-order valence-electron chi connectivity index (χ1n) is 7.64. The molecular formula is C16H26ClN3OS. The van der Waals surface area contributed by atoms with Crippen LogP contribution in [0.2, 0.25) is 0 Å². The van der Waals surface area contributed by atoms with Gasteiger partial charge < -0.3 is 11.1 Å². The van der Waals surface area contributed by atoms with Crippen LogP contribution in [0, 0.1) is 0 Å². The molecule has 124 valence electrons. The zero-order chi connectivity index (χ0) is 15.1.